The van der Waals surface area contributed by atoms with Crippen LogP contribution < -0.4 is 5.32 Å². The zero-order valence-electron chi connectivity index (χ0n) is 13.2. The van der Waals surface area contributed by atoms with Gasteiger partial charge < -0.3 is 15.0 Å². The minimum absolute atomic E-state index is 0.0172. The van der Waals surface area contributed by atoms with Gasteiger partial charge in [-0.1, -0.05) is 18.2 Å². The summed E-state index contributed by atoms with van der Waals surface area (Å²) in [6, 6.07) is 11.6. The van der Waals surface area contributed by atoms with Crippen molar-refractivity contribution in [3.8, 4) is 0 Å². The van der Waals surface area contributed by atoms with Crippen LogP contribution >= 0.6 is 0 Å². The first-order valence-corrected chi connectivity index (χ1v) is 7.79. The van der Waals surface area contributed by atoms with Crippen LogP contribution in [0.15, 0.2) is 48.8 Å². The monoisotopic (exact) mass is 311 g/mol. The molecule has 1 amide bonds. The molecule has 0 aliphatic carbocycles. The fourth-order valence-electron chi connectivity index (χ4n) is 2.89. The SMILES string of the molecule is COCc1ccc(C(=O)N2CCNCC2c2cccnc2)cc1. The maximum Gasteiger partial charge on any atom is 0.254 e. The fraction of sp³-hybridized carbons (Fsp3) is 0.333. The van der Waals surface area contributed by atoms with Crippen molar-refractivity contribution < 1.29 is 9.53 Å². The Morgan fingerprint density at radius 3 is 2.87 bits per heavy atom. The molecule has 1 unspecified atom stereocenters. The van der Waals surface area contributed by atoms with Crippen molar-refractivity contribution in [2.24, 2.45) is 0 Å². The molecule has 1 aromatic carbocycles. The minimum Gasteiger partial charge on any atom is -0.380 e. The summed E-state index contributed by atoms with van der Waals surface area (Å²) in [4.78, 5) is 19.0. The van der Waals surface area contributed by atoms with Gasteiger partial charge in [0.2, 0.25) is 0 Å². The quantitative estimate of drug-likeness (QED) is 0.938. The number of piperazine rings is 1. The summed E-state index contributed by atoms with van der Waals surface area (Å²) in [5, 5.41) is 3.36. The van der Waals surface area contributed by atoms with Crippen LogP contribution in [0.25, 0.3) is 0 Å². The Morgan fingerprint density at radius 2 is 2.17 bits per heavy atom. The Kier molecular flexibility index (Phi) is 5.00. The topological polar surface area (TPSA) is 54.5 Å². The average Bonchev–Trinajstić information content (AvgIpc) is 2.63. The van der Waals surface area contributed by atoms with Crippen molar-refractivity contribution in [2.75, 3.05) is 26.7 Å². The third-order valence-electron chi connectivity index (χ3n) is 4.09. The standard InChI is InChI=1S/C18H21N3O2/c1-23-13-14-4-6-15(7-5-14)18(22)21-10-9-20-12-17(21)16-3-2-8-19-11-16/h2-8,11,17,20H,9-10,12-13H2,1H3. The summed E-state index contributed by atoms with van der Waals surface area (Å²) in [6.07, 6.45) is 3.58. The molecule has 1 fully saturated rings. The molecule has 5 heteroatoms. The molecule has 5 nitrogen and oxygen atoms in total. The highest BCUT2D eigenvalue weighted by atomic mass is 16.5. The summed E-state index contributed by atoms with van der Waals surface area (Å²) in [5.74, 6) is 0.0596. The van der Waals surface area contributed by atoms with Gasteiger partial charge in [0, 0.05) is 44.7 Å². The van der Waals surface area contributed by atoms with Crippen LogP contribution in [0.5, 0.6) is 0 Å². The summed E-state index contributed by atoms with van der Waals surface area (Å²) >= 11 is 0. The number of nitrogens with zero attached hydrogens (tertiary/aromatic N) is 2. The molecule has 1 aliphatic rings. The molecule has 0 bridgehead atoms. The first-order chi connectivity index (χ1) is 11.3. The fourth-order valence-corrected chi connectivity index (χ4v) is 2.89. The van der Waals surface area contributed by atoms with Crippen molar-refractivity contribution in [3.05, 3.63) is 65.5 Å². The zero-order chi connectivity index (χ0) is 16.1. The number of amides is 1. The van der Waals surface area contributed by atoms with Crippen LogP contribution in [0.2, 0.25) is 0 Å². The Bertz CT molecular complexity index is 643. The van der Waals surface area contributed by atoms with Gasteiger partial charge in [0.05, 0.1) is 12.6 Å². The third kappa shape index (κ3) is 3.57. The van der Waals surface area contributed by atoms with Gasteiger partial charge in [-0.3, -0.25) is 9.78 Å². The summed E-state index contributed by atoms with van der Waals surface area (Å²) in [6.45, 7) is 2.81. The van der Waals surface area contributed by atoms with Gasteiger partial charge in [0.25, 0.3) is 5.91 Å². The number of ether oxygens (including phenoxy) is 1. The van der Waals surface area contributed by atoms with E-state index in [9.17, 15) is 4.79 Å². The van der Waals surface area contributed by atoms with E-state index in [2.05, 4.69) is 10.3 Å². The van der Waals surface area contributed by atoms with Gasteiger partial charge in [-0.15, -0.1) is 0 Å². The molecule has 1 aromatic heterocycles. The van der Waals surface area contributed by atoms with E-state index in [1.165, 1.54) is 0 Å². The van der Waals surface area contributed by atoms with Gasteiger partial charge in [-0.05, 0) is 29.3 Å². The van der Waals surface area contributed by atoms with Gasteiger partial charge in [-0.25, -0.2) is 0 Å². The van der Waals surface area contributed by atoms with E-state index in [-0.39, 0.29) is 11.9 Å². The minimum atomic E-state index is 0.0172. The van der Waals surface area contributed by atoms with E-state index in [0.29, 0.717) is 18.7 Å². The molecule has 2 heterocycles. The second-order valence-corrected chi connectivity index (χ2v) is 5.63. The smallest absolute Gasteiger partial charge is 0.254 e. The number of methoxy groups -OCH3 is 1. The molecule has 1 aliphatic heterocycles. The summed E-state index contributed by atoms with van der Waals surface area (Å²) in [5.41, 5.74) is 2.83. The maximum atomic E-state index is 12.9. The third-order valence-corrected chi connectivity index (χ3v) is 4.09. The van der Waals surface area contributed by atoms with Crippen molar-refractivity contribution in [1.29, 1.82) is 0 Å². The maximum absolute atomic E-state index is 12.9. The first kappa shape index (κ1) is 15.6. The molecule has 120 valence electrons. The molecule has 0 saturated carbocycles. The lowest BCUT2D eigenvalue weighted by molar-refractivity contribution is 0.0634. The van der Waals surface area contributed by atoms with Crippen LogP contribution in [-0.4, -0.2) is 42.5 Å². The second-order valence-electron chi connectivity index (χ2n) is 5.63. The number of carbonyl (C=O) groups excluding carboxylic acids is 1. The van der Waals surface area contributed by atoms with Crippen LogP contribution in [0, 0.1) is 0 Å². The number of hydrogen-bond acceptors (Lipinski definition) is 4. The molecule has 1 atom stereocenters. The summed E-state index contributed by atoms with van der Waals surface area (Å²) < 4.78 is 5.11. The van der Waals surface area contributed by atoms with Crippen molar-refractivity contribution >= 4 is 5.91 Å². The van der Waals surface area contributed by atoms with Gasteiger partial charge in [0.15, 0.2) is 0 Å². The van der Waals surface area contributed by atoms with Gasteiger partial charge >= 0.3 is 0 Å². The molecule has 23 heavy (non-hydrogen) atoms. The van der Waals surface area contributed by atoms with E-state index in [4.69, 9.17) is 4.74 Å². The van der Waals surface area contributed by atoms with Crippen molar-refractivity contribution in [3.63, 3.8) is 0 Å². The Morgan fingerprint density at radius 1 is 1.35 bits per heavy atom. The Balaban J connectivity index is 1.81. The first-order valence-electron chi connectivity index (χ1n) is 7.79. The largest absolute Gasteiger partial charge is 0.380 e. The van der Waals surface area contributed by atoms with E-state index >= 15 is 0 Å². The predicted molar refractivity (Wildman–Crippen MR) is 88.0 cm³/mol. The van der Waals surface area contributed by atoms with Gasteiger partial charge in [0.1, 0.15) is 0 Å². The molecule has 2 aromatic rings. The van der Waals surface area contributed by atoms with Crippen LogP contribution in [0.4, 0.5) is 0 Å². The van der Waals surface area contributed by atoms with Crippen molar-refractivity contribution in [1.82, 2.24) is 15.2 Å². The average molecular weight is 311 g/mol. The highest BCUT2D eigenvalue weighted by molar-refractivity contribution is 5.94. The lowest BCUT2D eigenvalue weighted by Crippen LogP contribution is -2.48. The Hall–Kier alpha value is -2.24. The van der Waals surface area contributed by atoms with E-state index in [1.54, 1.807) is 13.3 Å². The Labute approximate surface area is 136 Å². The van der Waals surface area contributed by atoms with Gasteiger partial charge in [-0.2, -0.15) is 0 Å². The number of carbonyl (C=O) groups is 1. The van der Waals surface area contributed by atoms with E-state index in [1.807, 2.05) is 47.5 Å². The lowest BCUT2D eigenvalue weighted by Gasteiger charge is -2.36. The van der Waals surface area contributed by atoms with E-state index in [0.717, 1.165) is 24.2 Å². The summed E-state index contributed by atoms with van der Waals surface area (Å²) in [7, 11) is 1.66. The number of nitrogens with one attached hydrogen (secondary N) is 1. The number of hydrogen-bond donors (Lipinski definition) is 1. The molecule has 0 radical (unpaired) electrons. The zero-order valence-corrected chi connectivity index (χ0v) is 13.2. The van der Waals surface area contributed by atoms with Crippen LogP contribution in [0.1, 0.15) is 27.5 Å². The molecule has 1 saturated heterocycles. The van der Waals surface area contributed by atoms with E-state index < -0.39 is 0 Å². The number of rotatable bonds is 4. The van der Waals surface area contributed by atoms with Crippen LogP contribution in [-0.2, 0) is 11.3 Å². The lowest BCUT2D eigenvalue weighted by atomic mass is 10.0. The highest BCUT2D eigenvalue weighted by Gasteiger charge is 2.28. The molecule has 0 spiro atoms. The molecule has 3 rings (SSSR count). The number of pyridine rings is 1. The number of aromatic nitrogens is 1. The molecular weight excluding hydrogens is 290 g/mol. The molecular formula is C18H21N3O2. The predicted octanol–water partition coefficient (Wildman–Crippen LogP) is 2.01. The van der Waals surface area contributed by atoms with Crippen LogP contribution in [0.3, 0.4) is 0 Å². The second kappa shape index (κ2) is 7.35. The normalized spacial score (nSPS) is 18.0. The van der Waals surface area contributed by atoms with Crippen molar-refractivity contribution in [2.45, 2.75) is 12.6 Å². The number of benzene rings is 1. The molecule has 1 N–H and O–H groups in total. The highest BCUT2D eigenvalue weighted by Crippen LogP contribution is 2.23.